The molecule has 2 rings (SSSR count). The molecule has 0 amide bonds. The Morgan fingerprint density at radius 3 is 2.82 bits per heavy atom. The van der Waals surface area contributed by atoms with E-state index >= 15 is 0 Å². The molecule has 0 saturated carbocycles. The average molecular weight is 237 g/mol. The van der Waals surface area contributed by atoms with Gasteiger partial charge in [0, 0.05) is 30.5 Å². The van der Waals surface area contributed by atoms with Crippen LogP contribution in [0.3, 0.4) is 0 Å². The first-order chi connectivity index (χ1) is 8.25. The number of nitrogens with zero attached hydrogens (tertiary/aromatic N) is 1. The molecule has 2 N–H and O–H groups in total. The minimum Gasteiger partial charge on any atom is -0.307 e. The van der Waals surface area contributed by atoms with Gasteiger partial charge >= 0.3 is 0 Å². The number of benzene rings is 1. The molecule has 2 aromatic rings. The van der Waals surface area contributed by atoms with Gasteiger partial charge in [0.15, 0.2) is 0 Å². The quantitative estimate of drug-likeness (QED) is 0.839. The summed E-state index contributed by atoms with van der Waals surface area (Å²) in [6, 6.07) is 8.29. The summed E-state index contributed by atoms with van der Waals surface area (Å²) in [5.74, 6) is 0. The molecular weight excluding hydrogens is 224 g/mol. The van der Waals surface area contributed by atoms with Crippen molar-refractivity contribution in [2.75, 3.05) is 0 Å². The van der Waals surface area contributed by atoms with Crippen molar-refractivity contribution in [3.63, 3.8) is 0 Å². The lowest BCUT2D eigenvalue weighted by molar-refractivity contribution is 0.151. The standard InChI is InChI=1S/C12H13F2N3/c13-12(14)10-3-1-2-9(6-10)7-15-8-11-4-5-16-17-11/h1-6,12,15H,7-8H2,(H,16,17). The van der Waals surface area contributed by atoms with Gasteiger partial charge in [0.1, 0.15) is 0 Å². The van der Waals surface area contributed by atoms with Gasteiger partial charge in [0.25, 0.3) is 6.43 Å². The summed E-state index contributed by atoms with van der Waals surface area (Å²) in [6.07, 6.45) is -0.739. The number of rotatable bonds is 5. The Bertz CT molecular complexity index is 455. The van der Waals surface area contributed by atoms with Crippen molar-refractivity contribution in [2.45, 2.75) is 19.5 Å². The summed E-state index contributed by atoms with van der Waals surface area (Å²) in [6.45, 7) is 1.19. The van der Waals surface area contributed by atoms with Crippen molar-refractivity contribution in [3.8, 4) is 0 Å². The summed E-state index contributed by atoms with van der Waals surface area (Å²) >= 11 is 0. The lowest BCUT2D eigenvalue weighted by atomic mass is 10.1. The van der Waals surface area contributed by atoms with Crippen LogP contribution in [-0.2, 0) is 13.1 Å². The second-order valence-corrected chi connectivity index (χ2v) is 3.73. The minimum absolute atomic E-state index is 0.0610. The van der Waals surface area contributed by atoms with Crippen LogP contribution in [0, 0.1) is 0 Å². The molecule has 0 aliphatic heterocycles. The highest BCUT2D eigenvalue weighted by atomic mass is 19.3. The summed E-state index contributed by atoms with van der Waals surface area (Å²) in [5.41, 5.74) is 1.88. The fourth-order valence-electron chi connectivity index (χ4n) is 1.56. The lowest BCUT2D eigenvalue weighted by Gasteiger charge is -2.05. The topological polar surface area (TPSA) is 40.7 Å². The number of aromatic nitrogens is 2. The van der Waals surface area contributed by atoms with Gasteiger partial charge in [0.05, 0.1) is 0 Å². The van der Waals surface area contributed by atoms with E-state index in [4.69, 9.17) is 0 Å². The van der Waals surface area contributed by atoms with Crippen LogP contribution in [0.4, 0.5) is 8.78 Å². The Morgan fingerprint density at radius 1 is 1.24 bits per heavy atom. The summed E-state index contributed by atoms with van der Waals surface area (Å²) in [7, 11) is 0. The summed E-state index contributed by atoms with van der Waals surface area (Å²) in [5, 5.41) is 9.80. The zero-order chi connectivity index (χ0) is 12.1. The molecule has 0 radical (unpaired) electrons. The first-order valence-electron chi connectivity index (χ1n) is 5.31. The molecule has 5 heteroatoms. The number of alkyl halides is 2. The van der Waals surface area contributed by atoms with Crippen LogP contribution >= 0.6 is 0 Å². The number of hydrogen-bond acceptors (Lipinski definition) is 2. The largest absolute Gasteiger partial charge is 0.307 e. The molecular formula is C12H13F2N3. The van der Waals surface area contributed by atoms with E-state index in [2.05, 4.69) is 15.5 Å². The highest BCUT2D eigenvalue weighted by Gasteiger charge is 2.06. The van der Waals surface area contributed by atoms with Gasteiger partial charge in [-0.25, -0.2) is 8.78 Å². The molecule has 0 atom stereocenters. The monoisotopic (exact) mass is 237 g/mol. The van der Waals surface area contributed by atoms with Crippen LogP contribution in [0.2, 0.25) is 0 Å². The fraction of sp³-hybridized carbons (Fsp3) is 0.250. The van der Waals surface area contributed by atoms with Crippen molar-refractivity contribution in [1.29, 1.82) is 0 Å². The Balaban J connectivity index is 1.88. The van der Waals surface area contributed by atoms with Gasteiger partial charge in [-0.05, 0) is 17.7 Å². The van der Waals surface area contributed by atoms with E-state index in [9.17, 15) is 8.78 Å². The van der Waals surface area contributed by atoms with E-state index in [0.29, 0.717) is 13.1 Å². The first kappa shape index (κ1) is 11.7. The van der Waals surface area contributed by atoms with Crippen molar-refractivity contribution >= 4 is 0 Å². The first-order valence-corrected chi connectivity index (χ1v) is 5.31. The Kier molecular flexibility index (Phi) is 3.82. The molecule has 1 heterocycles. The summed E-state index contributed by atoms with van der Waals surface area (Å²) < 4.78 is 24.9. The summed E-state index contributed by atoms with van der Waals surface area (Å²) in [4.78, 5) is 0. The van der Waals surface area contributed by atoms with E-state index in [0.717, 1.165) is 11.3 Å². The predicted octanol–water partition coefficient (Wildman–Crippen LogP) is 2.64. The third-order valence-corrected chi connectivity index (χ3v) is 2.41. The van der Waals surface area contributed by atoms with Crippen LogP contribution in [-0.4, -0.2) is 10.2 Å². The normalized spacial score (nSPS) is 11.0. The van der Waals surface area contributed by atoms with Crippen molar-refractivity contribution < 1.29 is 8.78 Å². The van der Waals surface area contributed by atoms with Crippen LogP contribution in [0.1, 0.15) is 23.2 Å². The highest BCUT2D eigenvalue weighted by Crippen LogP contribution is 2.19. The van der Waals surface area contributed by atoms with Crippen LogP contribution < -0.4 is 5.32 Å². The van der Waals surface area contributed by atoms with E-state index < -0.39 is 6.43 Å². The molecule has 0 aliphatic carbocycles. The Labute approximate surface area is 97.9 Å². The van der Waals surface area contributed by atoms with E-state index in [1.54, 1.807) is 12.3 Å². The van der Waals surface area contributed by atoms with E-state index in [-0.39, 0.29) is 5.56 Å². The molecule has 0 unspecified atom stereocenters. The lowest BCUT2D eigenvalue weighted by Crippen LogP contribution is -2.13. The Morgan fingerprint density at radius 2 is 2.12 bits per heavy atom. The van der Waals surface area contributed by atoms with E-state index in [1.807, 2.05) is 12.1 Å². The van der Waals surface area contributed by atoms with Crippen molar-refractivity contribution in [2.24, 2.45) is 0 Å². The van der Waals surface area contributed by atoms with Crippen LogP contribution in [0.15, 0.2) is 36.5 Å². The molecule has 0 fully saturated rings. The SMILES string of the molecule is FC(F)c1cccc(CNCc2ccn[nH]2)c1. The third kappa shape index (κ3) is 3.35. The second-order valence-electron chi connectivity index (χ2n) is 3.73. The van der Waals surface area contributed by atoms with Crippen molar-refractivity contribution in [1.82, 2.24) is 15.5 Å². The smallest absolute Gasteiger partial charge is 0.263 e. The molecule has 0 aliphatic rings. The van der Waals surface area contributed by atoms with Gasteiger partial charge < -0.3 is 5.32 Å². The molecule has 1 aromatic heterocycles. The maximum Gasteiger partial charge on any atom is 0.263 e. The van der Waals surface area contributed by atoms with Crippen LogP contribution in [0.5, 0.6) is 0 Å². The van der Waals surface area contributed by atoms with Gasteiger partial charge in [0.2, 0.25) is 0 Å². The van der Waals surface area contributed by atoms with Gasteiger partial charge in [-0.3, -0.25) is 5.10 Å². The zero-order valence-corrected chi connectivity index (χ0v) is 9.16. The number of halogens is 2. The molecule has 0 bridgehead atoms. The highest BCUT2D eigenvalue weighted by molar-refractivity contribution is 5.24. The molecule has 1 aromatic carbocycles. The van der Waals surface area contributed by atoms with Crippen LogP contribution in [0.25, 0.3) is 0 Å². The maximum atomic E-state index is 12.5. The molecule has 90 valence electrons. The number of nitrogens with one attached hydrogen (secondary N) is 2. The minimum atomic E-state index is -2.41. The molecule has 3 nitrogen and oxygen atoms in total. The molecule has 17 heavy (non-hydrogen) atoms. The van der Waals surface area contributed by atoms with E-state index in [1.165, 1.54) is 12.1 Å². The maximum absolute atomic E-state index is 12.5. The van der Waals surface area contributed by atoms with Gasteiger partial charge in [-0.1, -0.05) is 18.2 Å². The number of hydrogen-bond donors (Lipinski definition) is 2. The zero-order valence-electron chi connectivity index (χ0n) is 9.16. The third-order valence-electron chi connectivity index (χ3n) is 2.41. The molecule has 0 spiro atoms. The molecule has 0 saturated heterocycles. The number of aromatic amines is 1. The van der Waals surface area contributed by atoms with Gasteiger partial charge in [-0.2, -0.15) is 5.10 Å². The van der Waals surface area contributed by atoms with Gasteiger partial charge in [-0.15, -0.1) is 0 Å². The average Bonchev–Trinajstić information content (AvgIpc) is 2.82. The Hall–Kier alpha value is -1.75. The predicted molar refractivity (Wildman–Crippen MR) is 60.5 cm³/mol. The second kappa shape index (κ2) is 5.54. The number of H-pyrrole nitrogens is 1. The van der Waals surface area contributed by atoms with Crippen molar-refractivity contribution in [3.05, 3.63) is 53.3 Å². The fourth-order valence-corrected chi connectivity index (χ4v) is 1.56.